The molecule has 0 atom stereocenters. The van der Waals surface area contributed by atoms with E-state index in [2.05, 4.69) is 15.3 Å². The predicted octanol–water partition coefficient (Wildman–Crippen LogP) is 2.94. The van der Waals surface area contributed by atoms with Gasteiger partial charge in [0.15, 0.2) is 0 Å². The van der Waals surface area contributed by atoms with E-state index in [0.717, 1.165) is 17.2 Å². The summed E-state index contributed by atoms with van der Waals surface area (Å²) in [6.07, 6.45) is 1.64. The highest BCUT2D eigenvalue weighted by Gasteiger charge is 2.05. The van der Waals surface area contributed by atoms with Gasteiger partial charge in [0.05, 0.1) is 0 Å². The fraction of sp³-hybridized carbons (Fsp3) is 0.167. The Balaban J connectivity index is 2.27. The highest BCUT2D eigenvalue weighted by atomic mass is 35.5. The van der Waals surface area contributed by atoms with Crippen molar-refractivity contribution in [3.63, 3.8) is 0 Å². The summed E-state index contributed by atoms with van der Waals surface area (Å²) in [7, 11) is 3.83. The second-order valence-electron chi connectivity index (χ2n) is 3.54. The molecule has 0 spiro atoms. The lowest BCUT2D eigenvalue weighted by molar-refractivity contribution is 1.08. The average Bonchev–Trinajstić information content (AvgIpc) is 2.38. The zero-order valence-corrected chi connectivity index (χ0v) is 10.4. The first-order valence-corrected chi connectivity index (χ1v) is 5.58. The van der Waals surface area contributed by atoms with Gasteiger partial charge < -0.3 is 10.2 Å². The Bertz CT molecular complexity index is 498. The van der Waals surface area contributed by atoms with Gasteiger partial charge in [-0.1, -0.05) is 0 Å². The molecular weight excluding hydrogens is 236 g/mol. The first kappa shape index (κ1) is 11.7. The minimum atomic E-state index is 0.251. The van der Waals surface area contributed by atoms with Crippen LogP contribution in [0.1, 0.15) is 0 Å². The summed E-state index contributed by atoms with van der Waals surface area (Å²) in [5, 5.41) is 3.33. The van der Waals surface area contributed by atoms with Gasteiger partial charge in [0.2, 0.25) is 5.28 Å². The number of hydrogen-bond acceptors (Lipinski definition) is 4. The summed E-state index contributed by atoms with van der Waals surface area (Å²) in [5.41, 5.74) is 2.11. The van der Waals surface area contributed by atoms with E-state index in [1.54, 1.807) is 6.20 Å². The molecule has 0 bridgehead atoms. The van der Waals surface area contributed by atoms with Crippen molar-refractivity contribution in [2.24, 2.45) is 0 Å². The van der Waals surface area contributed by atoms with Crippen molar-refractivity contribution in [2.75, 3.05) is 24.3 Å². The van der Waals surface area contributed by atoms with Gasteiger partial charge >= 0.3 is 0 Å². The molecule has 0 amide bonds. The zero-order chi connectivity index (χ0) is 12.3. The number of benzene rings is 1. The van der Waals surface area contributed by atoms with Crippen molar-refractivity contribution in [3.05, 3.63) is 41.8 Å². The van der Waals surface area contributed by atoms with Crippen LogP contribution < -0.4 is 10.2 Å². The second-order valence-corrected chi connectivity index (χ2v) is 3.88. The normalized spacial score (nSPS) is 10.1. The topological polar surface area (TPSA) is 41.0 Å². The number of aromatic nitrogens is 2. The molecule has 1 aromatic carbocycles. The van der Waals surface area contributed by atoms with E-state index in [0.29, 0.717) is 0 Å². The summed E-state index contributed by atoms with van der Waals surface area (Å²) in [5.74, 6) is 0.766. The number of hydrogen-bond donors (Lipinski definition) is 1. The van der Waals surface area contributed by atoms with Crippen LogP contribution in [0.3, 0.4) is 0 Å². The largest absolute Gasteiger partial charge is 0.388 e. The summed E-state index contributed by atoms with van der Waals surface area (Å²) < 4.78 is 0. The average molecular weight is 249 g/mol. The first-order chi connectivity index (χ1) is 8.20. The predicted molar refractivity (Wildman–Crippen MR) is 71.1 cm³/mol. The fourth-order valence-electron chi connectivity index (χ4n) is 1.50. The molecule has 4 nitrogen and oxygen atoms in total. The SMILES string of the molecule is CNc1ccc(N(C)c2ccnc(Cl)n2)cc1. The smallest absolute Gasteiger partial charge is 0.224 e. The van der Waals surface area contributed by atoms with E-state index in [1.807, 2.05) is 49.3 Å². The molecule has 17 heavy (non-hydrogen) atoms. The number of rotatable bonds is 3. The minimum absolute atomic E-state index is 0.251. The maximum Gasteiger partial charge on any atom is 0.224 e. The molecule has 0 saturated carbocycles. The summed E-state index contributed by atoms with van der Waals surface area (Å²) >= 11 is 5.77. The highest BCUT2D eigenvalue weighted by molar-refractivity contribution is 6.28. The van der Waals surface area contributed by atoms with E-state index in [-0.39, 0.29) is 5.28 Å². The van der Waals surface area contributed by atoms with E-state index >= 15 is 0 Å². The number of nitrogens with one attached hydrogen (secondary N) is 1. The maximum absolute atomic E-state index is 5.77. The number of nitrogens with zero attached hydrogens (tertiary/aromatic N) is 3. The summed E-state index contributed by atoms with van der Waals surface area (Å²) in [4.78, 5) is 9.97. The van der Waals surface area contributed by atoms with Gasteiger partial charge in [-0.25, -0.2) is 9.97 Å². The molecule has 2 rings (SSSR count). The Kier molecular flexibility index (Phi) is 3.44. The third kappa shape index (κ3) is 2.65. The molecule has 88 valence electrons. The van der Waals surface area contributed by atoms with Gasteiger partial charge in [0.25, 0.3) is 0 Å². The Morgan fingerprint density at radius 1 is 1.18 bits per heavy atom. The maximum atomic E-state index is 5.77. The Morgan fingerprint density at radius 3 is 2.47 bits per heavy atom. The van der Waals surface area contributed by atoms with Crippen LogP contribution in [-0.4, -0.2) is 24.1 Å². The van der Waals surface area contributed by atoms with E-state index in [4.69, 9.17) is 11.6 Å². The van der Waals surface area contributed by atoms with Crippen LogP contribution >= 0.6 is 11.6 Å². The van der Waals surface area contributed by atoms with Gasteiger partial charge in [-0.05, 0) is 41.9 Å². The molecule has 0 unspecified atom stereocenters. The fourth-order valence-corrected chi connectivity index (χ4v) is 1.64. The van der Waals surface area contributed by atoms with Crippen LogP contribution in [0.4, 0.5) is 17.2 Å². The van der Waals surface area contributed by atoms with Crippen molar-refractivity contribution in [3.8, 4) is 0 Å². The van der Waals surface area contributed by atoms with E-state index in [9.17, 15) is 0 Å². The summed E-state index contributed by atoms with van der Waals surface area (Å²) in [6, 6.07) is 9.87. The molecule has 0 aliphatic rings. The summed E-state index contributed by atoms with van der Waals surface area (Å²) in [6.45, 7) is 0. The molecule has 0 saturated heterocycles. The number of halogens is 1. The lowest BCUT2D eigenvalue weighted by Gasteiger charge is -2.18. The van der Waals surface area contributed by atoms with Crippen molar-refractivity contribution >= 4 is 28.8 Å². The quantitative estimate of drug-likeness (QED) is 0.848. The molecule has 0 aliphatic carbocycles. The second kappa shape index (κ2) is 5.01. The van der Waals surface area contributed by atoms with Gasteiger partial charge in [-0.3, -0.25) is 0 Å². The van der Waals surface area contributed by atoms with E-state index in [1.165, 1.54) is 0 Å². The Labute approximate surface area is 105 Å². The van der Waals surface area contributed by atoms with Crippen molar-refractivity contribution in [1.82, 2.24) is 9.97 Å². The van der Waals surface area contributed by atoms with Gasteiger partial charge in [0, 0.05) is 31.7 Å². The molecule has 1 heterocycles. The van der Waals surface area contributed by atoms with Crippen LogP contribution in [0.5, 0.6) is 0 Å². The van der Waals surface area contributed by atoms with Crippen LogP contribution in [0.15, 0.2) is 36.5 Å². The third-order valence-corrected chi connectivity index (χ3v) is 2.68. The Hall–Kier alpha value is -1.81. The monoisotopic (exact) mass is 248 g/mol. The highest BCUT2D eigenvalue weighted by Crippen LogP contribution is 2.23. The van der Waals surface area contributed by atoms with Gasteiger partial charge in [0.1, 0.15) is 5.82 Å². The van der Waals surface area contributed by atoms with Crippen LogP contribution in [0.2, 0.25) is 5.28 Å². The molecule has 0 radical (unpaired) electrons. The lowest BCUT2D eigenvalue weighted by Crippen LogP contribution is -2.11. The molecule has 1 N–H and O–H groups in total. The molecule has 2 aromatic rings. The van der Waals surface area contributed by atoms with Gasteiger partial charge in [-0.15, -0.1) is 0 Å². The lowest BCUT2D eigenvalue weighted by atomic mass is 10.2. The van der Waals surface area contributed by atoms with Crippen LogP contribution in [0.25, 0.3) is 0 Å². The first-order valence-electron chi connectivity index (χ1n) is 5.21. The van der Waals surface area contributed by atoms with Gasteiger partial charge in [-0.2, -0.15) is 0 Å². The molecule has 5 heteroatoms. The van der Waals surface area contributed by atoms with E-state index < -0.39 is 0 Å². The standard InChI is InChI=1S/C12H13ClN4/c1-14-9-3-5-10(6-4-9)17(2)11-7-8-15-12(13)16-11/h3-8,14H,1-2H3. The molecule has 0 aliphatic heterocycles. The van der Waals surface area contributed by atoms with Crippen molar-refractivity contribution < 1.29 is 0 Å². The minimum Gasteiger partial charge on any atom is -0.388 e. The van der Waals surface area contributed by atoms with Crippen LogP contribution in [0, 0.1) is 0 Å². The van der Waals surface area contributed by atoms with Crippen molar-refractivity contribution in [2.45, 2.75) is 0 Å². The molecule has 0 fully saturated rings. The Morgan fingerprint density at radius 2 is 1.88 bits per heavy atom. The van der Waals surface area contributed by atoms with Crippen molar-refractivity contribution in [1.29, 1.82) is 0 Å². The third-order valence-electron chi connectivity index (χ3n) is 2.50. The molecule has 1 aromatic heterocycles. The van der Waals surface area contributed by atoms with Crippen LogP contribution in [-0.2, 0) is 0 Å². The molecular formula is C12H13ClN4. The number of anilines is 3. The zero-order valence-electron chi connectivity index (χ0n) is 9.68.